The maximum absolute atomic E-state index is 13.2. The van der Waals surface area contributed by atoms with Gasteiger partial charge in [0.05, 0.1) is 17.0 Å². The molecule has 7 nitrogen and oxygen atoms in total. The smallest absolute Gasteiger partial charge is 0.267 e. The number of hydrogen-bond donors (Lipinski definition) is 1. The molecule has 1 saturated carbocycles. The first-order valence-electron chi connectivity index (χ1n) is 10.0. The Balaban J connectivity index is 1.44. The van der Waals surface area contributed by atoms with Crippen LogP contribution in [0.25, 0.3) is 0 Å². The summed E-state index contributed by atoms with van der Waals surface area (Å²) in [4.78, 5) is 26.9. The highest BCUT2D eigenvalue weighted by Crippen LogP contribution is 2.45. The number of carbonyl (C=O) groups excluding carboxylic acids is 2. The van der Waals surface area contributed by atoms with Crippen LogP contribution in [0.1, 0.15) is 38.5 Å². The molecular formula is C20H25FN2O5S. The highest BCUT2D eigenvalue weighted by Gasteiger charge is 2.62. The van der Waals surface area contributed by atoms with Gasteiger partial charge in [0.1, 0.15) is 18.1 Å². The summed E-state index contributed by atoms with van der Waals surface area (Å²) >= 11 is 0. The minimum Gasteiger partial charge on any atom is -0.478 e. The molecular weight excluding hydrogens is 399 g/mol. The Hall–Kier alpha value is -2.16. The van der Waals surface area contributed by atoms with Crippen molar-refractivity contribution in [2.24, 2.45) is 0 Å². The predicted molar refractivity (Wildman–Crippen MR) is 104 cm³/mol. The third-order valence-corrected chi connectivity index (χ3v) is 7.97. The van der Waals surface area contributed by atoms with Crippen molar-refractivity contribution < 1.29 is 27.1 Å². The maximum Gasteiger partial charge on any atom is 0.267 e. The van der Waals surface area contributed by atoms with Gasteiger partial charge in [-0.25, -0.2) is 12.8 Å². The molecule has 2 aliphatic heterocycles. The number of nitrogens with one attached hydrogen (secondary N) is 1. The van der Waals surface area contributed by atoms with E-state index >= 15 is 0 Å². The van der Waals surface area contributed by atoms with Gasteiger partial charge in [-0.1, -0.05) is 19.3 Å². The van der Waals surface area contributed by atoms with Gasteiger partial charge in [0.25, 0.3) is 5.91 Å². The van der Waals surface area contributed by atoms with Crippen molar-refractivity contribution in [2.75, 3.05) is 18.1 Å². The molecule has 0 aromatic heterocycles. The highest BCUT2D eigenvalue weighted by molar-refractivity contribution is 7.91. The van der Waals surface area contributed by atoms with Crippen LogP contribution in [-0.2, 0) is 19.4 Å². The highest BCUT2D eigenvalue weighted by atomic mass is 32.2. The molecule has 2 heterocycles. The Labute approximate surface area is 169 Å². The summed E-state index contributed by atoms with van der Waals surface area (Å²) in [6.07, 6.45) is 4.16. The molecule has 3 aliphatic rings. The molecule has 2 saturated heterocycles. The minimum atomic E-state index is -3.09. The van der Waals surface area contributed by atoms with Crippen molar-refractivity contribution in [3.63, 3.8) is 0 Å². The summed E-state index contributed by atoms with van der Waals surface area (Å²) in [6, 6.07) is 5.17. The van der Waals surface area contributed by atoms with E-state index in [2.05, 4.69) is 5.32 Å². The molecule has 1 aromatic carbocycles. The number of β-lactam (4-membered cyclic amide) rings is 1. The molecule has 4 rings (SSSR count). The molecule has 1 aliphatic carbocycles. The van der Waals surface area contributed by atoms with Crippen LogP contribution < -0.4 is 10.1 Å². The number of benzene rings is 1. The lowest BCUT2D eigenvalue weighted by Gasteiger charge is -2.58. The summed E-state index contributed by atoms with van der Waals surface area (Å²) in [5, 5.41) is 2.75. The first kappa shape index (κ1) is 20.1. The van der Waals surface area contributed by atoms with Crippen molar-refractivity contribution in [3.05, 3.63) is 30.1 Å². The molecule has 2 atom stereocenters. The minimum absolute atomic E-state index is 0.0475. The fraction of sp³-hybridized carbons (Fsp3) is 0.600. The topological polar surface area (TPSA) is 92.8 Å². The van der Waals surface area contributed by atoms with Gasteiger partial charge in [-0.15, -0.1) is 0 Å². The fourth-order valence-corrected chi connectivity index (χ4v) is 6.41. The molecule has 1 aromatic rings. The summed E-state index contributed by atoms with van der Waals surface area (Å²) in [5.74, 6) is -0.519. The number of ether oxygens (including phenoxy) is 1. The molecule has 158 valence electrons. The van der Waals surface area contributed by atoms with Crippen LogP contribution >= 0.6 is 0 Å². The van der Waals surface area contributed by atoms with E-state index in [0.29, 0.717) is 12.2 Å². The van der Waals surface area contributed by atoms with Crippen LogP contribution in [0.5, 0.6) is 5.75 Å². The van der Waals surface area contributed by atoms with Crippen LogP contribution in [0.2, 0.25) is 0 Å². The molecule has 2 unspecified atom stereocenters. The molecule has 9 heteroatoms. The largest absolute Gasteiger partial charge is 0.478 e. The zero-order chi connectivity index (χ0) is 20.6. The van der Waals surface area contributed by atoms with Crippen LogP contribution in [0.4, 0.5) is 4.39 Å². The van der Waals surface area contributed by atoms with E-state index in [9.17, 15) is 22.4 Å². The lowest BCUT2D eigenvalue weighted by molar-refractivity contribution is -0.187. The van der Waals surface area contributed by atoms with E-state index < -0.39 is 27.5 Å². The lowest BCUT2D eigenvalue weighted by Crippen LogP contribution is -2.77. The van der Waals surface area contributed by atoms with Gasteiger partial charge in [-0.3, -0.25) is 9.59 Å². The third-order valence-electron chi connectivity index (χ3n) is 6.20. The number of sulfone groups is 1. The van der Waals surface area contributed by atoms with Crippen molar-refractivity contribution in [2.45, 2.75) is 56.2 Å². The van der Waals surface area contributed by atoms with Gasteiger partial charge in [-0.2, -0.15) is 0 Å². The van der Waals surface area contributed by atoms with Gasteiger partial charge in [-0.05, 0) is 43.5 Å². The molecule has 0 radical (unpaired) electrons. The summed E-state index contributed by atoms with van der Waals surface area (Å²) in [7, 11) is -3.09. The number of amides is 2. The number of hydrogen-bond acceptors (Lipinski definition) is 5. The van der Waals surface area contributed by atoms with Gasteiger partial charge >= 0.3 is 0 Å². The summed E-state index contributed by atoms with van der Waals surface area (Å²) < 4.78 is 42.2. The second-order valence-electron chi connectivity index (χ2n) is 8.21. The Morgan fingerprint density at radius 3 is 2.52 bits per heavy atom. The number of halogens is 1. The van der Waals surface area contributed by atoms with Gasteiger partial charge in [0, 0.05) is 6.04 Å². The second kappa shape index (κ2) is 7.59. The van der Waals surface area contributed by atoms with Gasteiger partial charge in [0.15, 0.2) is 15.9 Å². The summed E-state index contributed by atoms with van der Waals surface area (Å²) in [6.45, 7) is -0.0986. The molecule has 2 amide bonds. The van der Waals surface area contributed by atoms with E-state index in [-0.39, 0.29) is 35.7 Å². The average molecular weight is 424 g/mol. The van der Waals surface area contributed by atoms with E-state index in [4.69, 9.17) is 4.74 Å². The Morgan fingerprint density at radius 1 is 1.21 bits per heavy atom. The second-order valence-corrected chi connectivity index (χ2v) is 10.4. The zero-order valence-electron chi connectivity index (χ0n) is 16.1. The fourth-order valence-electron chi connectivity index (χ4n) is 4.73. The summed E-state index contributed by atoms with van der Waals surface area (Å²) in [5.41, 5.74) is -0.539. The number of nitrogens with zero attached hydrogens (tertiary/aromatic N) is 1. The first-order valence-corrected chi connectivity index (χ1v) is 11.8. The molecule has 3 fully saturated rings. The van der Waals surface area contributed by atoms with Crippen LogP contribution in [0.15, 0.2) is 24.3 Å². The lowest BCUT2D eigenvalue weighted by atomic mass is 9.70. The van der Waals surface area contributed by atoms with E-state index in [1.807, 2.05) is 0 Å². The van der Waals surface area contributed by atoms with Crippen molar-refractivity contribution in [1.82, 2.24) is 10.2 Å². The number of likely N-dealkylation sites (tertiary alicyclic amines) is 1. The van der Waals surface area contributed by atoms with E-state index in [1.165, 1.54) is 24.3 Å². The van der Waals surface area contributed by atoms with Crippen molar-refractivity contribution in [3.8, 4) is 5.75 Å². The monoisotopic (exact) mass is 424 g/mol. The Kier molecular flexibility index (Phi) is 5.27. The SMILES string of the molecule is O=C(CN1C(=O)C(Oc2ccc(F)cc2)C12CCCCC2)NC1CCS(=O)(=O)C1. The number of rotatable bonds is 5. The molecule has 1 spiro atoms. The van der Waals surface area contributed by atoms with Gasteiger partial charge < -0.3 is 15.0 Å². The normalized spacial score (nSPS) is 27.5. The van der Waals surface area contributed by atoms with Crippen LogP contribution in [0.3, 0.4) is 0 Å². The average Bonchev–Trinajstić information content (AvgIpc) is 3.04. The first-order chi connectivity index (χ1) is 13.8. The molecule has 0 bridgehead atoms. The number of carbonyl (C=O) groups is 2. The van der Waals surface area contributed by atoms with Crippen molar-refractivity contribution in [1.29, 1.82) is 0 Å². The zero-order valence-corrected chi connectivity index (χ0v) is 16.9. The predicted octanol–water partition coefficient (Wildman–Crippen LogP) is 1.42. The van der Waals surface area contributed by atoms with Gasteiger partial charge in [0.2, 0.25) is 5.91 Å². The quantitative estimate of drug-likeness (QED) is 0.722. The third kappa shape index (κ3) is 3.97. The Bertz CT molecular complexity index is 896. The molecule has 1 N–H and O–H groups in total. The standard InChI is InChI=1S/C20H25FN2O5S/c21-14-4-6-16(7-5-14)28-18-19(25)23(20(18)9-2-1-3-10-20)12-17(24)22-15-8-11-29(26,27)13-15/h4-7,15,18H,1-3,8-13H2,(H,22,24). The molecule has 29 heavy (non-hydrogen) atoms. The Morgan fingerprint density at radius 2 is 1.90 bits per heavy atom. The van der Waals surface area contributed by atoms with Crippen LogP contribution in [0, 0.1) is 5.82 Å². The van der Waals surface area contributed by atoms with E-state index in [1.54, 1.807) is 4.90 Å². The van der Waals surface area contributed by atoms with Crippen molar-refractivity contribution >= 4 is 21.7 Å². The van der Waals surface area contributed by atoms with Crippen LogP contribution in [-0.4, -0.2) is 60.9 Å². The maximum atomic E-state index is 13.2. The van der Waals surface area contributed by atoms with E-state index in [0.717, 1.165) is 32.1 Å².